The van der Waals surface area contributed by atoms with Gasteiger partial charge in [0, 0.05) is 6.54 Å². The van der Waals surface area contributed by atoms with Crippen LogP contribution in [0.1, 0.15) is 13.8 Å². The van der Waals surface area contributed by atoms with Crippen molar-refractivity contribution in [3.05, 3.63) is 0 Å². The summed E-state index contributed by atoms with van der Waals surface area (Å²) in [7, 11) is 1.98. The lowest BCUT2D eigenvalue weighted by Crippen LogP contribution is -2.28. The van der Waals surface area contributed by atoms with Crippen molar-refractivity contribution < 1.29 is 9.13 Å². The molecule has 2 atom stereocenters. The van der Waals surface area contributed by atoms with Crippen LogP contribution in [0.3, 0.4) is 0 Å². The summed E-state index contributed by atoms with van der Waals surface area (Å²) < 4.78 is 17.1. The van der Waals surface area contributed by atoms with Crippen LogP contribution >= 0.6 is 0 Å². The third kappa shape index (κ3) is 6.56. The van der Waals surface area contributed by atoms with E-state index in [9.17, 15) is 4.39 Å². The van der Waals surface area contributed by atoms with E-state index in [1.54, 1.807) is 0 Å². The molecule has 0 saturated carbocycles. The molecule has 0 heterocycles. The fourth-order valence-corrected chi connectivity index (χ4v) is 0.908. The molecule has 0 spiro atoms. The topological polar surface area (TPSA) is 12.5 Å². The third-order valence-electron chi connectivity index (χ3n) is 1.83. The Morgan fingerprint density at radius 1 is 1.62 bits per heavy atom. The van der Waals surface area contributed by atoms with E-state index in [0.29, 0.717) is 6.61 Å². The molecule has 0 amide bonds. The molecule has 0 saturated heterocycles. The minimum Gasteiger partial charge on any atom is -0.347 e. The van der Waals surface area contributed by atoms with E-state index >= 15 is 0 Å². The van der Waals surface area contributed by atoms with Gasteiger partial charge < -0.3 is 9.64 Å². The van der Waals surface area contributed by atoms with E-state index in [4.69, 9.17) is 11.2 Å². The number of hydrogen-bond acceptors (Lipinski definition) is 2. The number of halogens is 1. The van der Waals surface area contributed by atoms with Gasteiger partial charge in [-0.2, -0.15) is 0 Å². The highest BCUT2D eigenvalue weighted by Gasteiger charge is 2.09. The smallest absolute Gasteiger partial charge is 0.195 e. The van der Waals surface area contributed by atoms with Gasteiger partial charge in [0.15, 0.2) is 6.36 Å². The van der Waals surface area contributed by atoms with Crippen LogP contribution in [0.2, 0.25) is 0 Å². The zero-order valence-electron chi connectivity index (χ0n) is 8.59. The Bertz CT molecular complexity index is 165. The Kier molecular flexibility index (Phi) is 6.56. The molecule has 0 aliphatic heterocycles. The maximum Gasteiger partial charge on any atom is 0.195 e. The lowest BCUT2D eigenvalue weighted by atomic mass is 10.1. The predicted octanol–water partition coefficient (Wildman–Crippen LogP) is 1.52. The molecule has 0 aromatic rings. The van der Waals surface area contributed by atoms with Gasteiger partial charge in [-0.15, -0.1) is 6.42 Å². The lowest BCUT2D eigenvalue weighted by Gasteiger charge is -2.19. The summed E-state index contributed by atoms with van der Waals surface area (Å²) in [6.07, 6.45) is 4.05. The van der Waals surface area contributed by atoms with Crippen LogP contribution < -0.4 is 0 Å². The van der Waals surface area contributed by atoms with Crippen molar-refractivity contribution in [2.24, 2.45) is 5.92 Å². The van der Waals surface area contributed by atoms with Gasteiger partial charge in [-0.05, 0) is 20.5 Å². The monoisotopic (exact) mass is 187 g/mol. The van der Waals surface area contributed by atoms with Crippen LogP contribution in [0.5, 0.6) is 0 Å². The molecule has 0 fully saturated rings. The molecular formula is C10H18FNO. The average Bonchev–Trinajstić information content (AvgIpc) is 2.11. The molecule has 0 aliphatic rings. The Hall–Kier alpha value is -0.590. The molecule has 0 radical (unpaired) electrons. The zero-order valence-corrected chi connectivity index (χ0v) is 8.59. The minimum absolute atomic E-state index is 0.0249. The van der Waals surface area contributed by atoms with E-state index in [1.165, 1.54) is 6.92 Å². The number of ether oxygens (including phenoxy) is 1. The summed E-state index contributed by atoms with van der Waals surface area (Å²) in [4.78, 5) is 2.08. The first kappa shape index (κ1) is 12.4. The quantitative estimate of drug-likeness (QED) is 0.585. The SMILES string of the molecule is C#CC(COC(C)F)CN(C)CC. The molecule has 76 valence electrons. The van der Waals surface area contributed by atoms with Crippen LogP contribution in [-0.2, 0) is 4.74 Å². The second-order valence-corrected chi connectivity index (χ2v) is 3.09. The van der Waals surface area contributed by atoms with Gasteiger partial charge in [0.1, 0.15) is 0 Å². The van der Waals surface area contributed by atoms with Crippen molar-refractivity contribution >= 4 is 0 Å². The number of terminal acetylenes is 1. The van der Waals surface area contributed by atoms with Gasteiger partial charge >= 0.3 is 0 Å². The molecule has 0 aromatic carbocycles. The van der Waals surface area contributed by atoms with Gasteiger partial charge in [0.2, 0.25) is 0 Å². The Labute approximate surface area is 80.1 Å². The number of nitrogens with zero attached hydrogens (tertiary/aromatic N) is 1. The first-order chi connectivity index (χ1) is 6.10. The maximum atomic E-state index is 12.3. The average molecular weight is 187 g/mol. The molecule has 0 aromatic heterocycles. The standard InChI is InChI=1S/C10H18FNO/c1-5-10(7-12(4)6-2)8-13-9(3)11/h1,9-10H,6-8H2,2-4H3. The Morgan fingerprint density at radius 2 is 2.23 bits per heavy atom. The first-order valence-corrected chi connectivity index (χ1v) is 4.50. The van der Waals surface area contributed by atoms with Crippen molar-refractivity contribution in [3.8, 4) is 12.3 Å². The fraction of sp³-hybridized carbons (Fsp3) is 0.800. The van der Waals surface area contributed by atoms with Crippen LogP contribution in [0, 0.1) is 18.3 Å². The molecule has 0 rings (SSSR count). The second kappa shape index (κ2) is 6.88. The van der Waals surface area contributed by atoms with Gasteiger partial charge in [-0.3, -0.25) is 0 Å². The van der Waals surface area contributed by atoms with E-state index in [-0.39, 0.29) is 5.92 Å². The molecule has 0 bridgehead atoms. The van der Waals surface area contributed by atoms with E-state index < -0.39 is 6.36 Å². The minimum atomic E-state index is -1.23. The second-order valence-electron chi connectivity index (χ2n) is 3.09. The van der Waals surface area contributed by atoms with Crippen LogP contribution in [0.15, 0.2) is 0 Å². The summed E-state index contributed by atoms with van der Waals surface area (Å²) in [5.41, 5.74) is 0. The maximum absolute atomic E-state index is 12.3. The van der Waals surface area contributed by atoms with Gasteiger partial charge in [-0.1, -0.05) is 12.8 Å². The zero-order chi connectivity index (χ0) is 10.3. The molecule has 0 aliphatic carbocycles. The molecule has 13 heavy (non-hydrogen) atoms. The van der Waals surface area contributed by atoms with Crippen LogP contribution in [0.25, 0.3) is 0 Å². The van der Waals surface area contributed by atoms with Crippen molar-refractivity contribution in [2.75, 3.05) is 26.7 Å². The van der Waals surface area contributed by atoms with E-state index in [1.807, 2.05) is 14.0 Å². The van der Waals surface area contributed by atoms with Crippen molar-refractivity contribution in [3.63, 3.8) is 0 Å². The Morgan fingerprint density at radius 3 is 2.62 bits per heavy atom. The predicted molar refractivity (Wildman–Crippen MR) is 52.0 cm³/mol. The summed E-state index contributed by atoms with van der Waals surface area (Å²) in [5, 5.41) is 0. The van der Waals surface area contributed by atoms with Crippen molar-refractivity contribution in [1.29, 1.82) is 0 Å². The summed E-state index contributed by atoms with van der Waals surface area (Å²) in [6, 6.07) is 0. The molecule has 2 unspecified atom stereocenters. The van der Waals surface area contributed by atoms with Crippen molar-refractivity contribution in [2.45, 2.75) is 20.2 Å². The fourth-order valence-electron chi connectivity index (χ4n) is 0.908. The Balaban J connectivity index is 3.71. The third-order valence-corrected chi connectivity index (χ3v) is 1.83. The first-order valence-electron chi connectivity index (χ1n) is 4.50. The van der Waals surface area contributed by atoms with Crippen LogP contribution in [-0.4, -0.2) is 38.0 Å². The van der Waals surface area contributed by atoms with E-state index in [0.717, 1.165) is 13.1 Å². The highest BCUT2D eigenvalue weighted by molar-refractivity contribution is 4.94. The summed E-state index contributed by atoms with van der Waals surface area (Å²) in [6.45, 7) is 5.38. The number of rotatable bonds is 6. The van der Waals surface area contributed by atoms with Gasteiger partial charge in [0.25, 0.3) is 0 Å². The number of hydrogen-bond donors (Lipinski definition) is 0. The van der Waals surface area contributed by atoms with Crippen LogP contribution in [0.4, 0.5) is 4.39 Å². The number of alkyl halides is 1. The molecule has 3 heteroatoms. The van der Waals surface area contributed by atoms with Gasteiger partial charge in [0.05, 0.1) is 12.5 Å². The highest BCUT2D eigenvalue weighted by atomic mass is 19.1. The summed E-state index contributed by atoms with van der Waals surface area (Å²) in [5.74, 6) is 2.56. The molecule has 2 nitrogen and oxygen atoms in total. The normalized spacial score (nSPS) is 15.4. The molecular weight excluding hydrogens is 169 g/mol. The largest absolute Gasteiger partial charge is 0.347 e. The van der Waals surface area contributed by atoms with E-state index in [2.05, 4.69) is 10.8 Å². The lowest BCUT2D eigenvalue weighted by molar-refractivity contribution is -0.0359. The molecule has 0 N–H and O–H groups in total. The summed E-state index contributed by atoms with van der Waals surface area (Å²) >= 11 is 0. The van der Waals surface area contributed by atoms with Crippen molar-refractivity contribution in [1.82, 2.24) is 4.90 Å². The van der Waals surface area contributed by atoms with Gasteiger partial charge in [-0.25, -0.2) is 4.39 Å². The highest BCUT2D eigenvalue weighted by Crippen LogP contribution is 2.01.